The SMILES string of the molecule is CCOC(=O)[C@@]1(C/C=C/c2ccccc2)CCCN(C2CCN(Cc3cccnc3)CC2)C1. The molecule has 4 rings (SSSR count). The van der Waals surface area contributed by atoms with Gasteiger partial charge in [-0.15, -0.1) is 0 Å². The largest absolute Gasteiger partial charge is 0.466 e. The van der Waals surface area contributed by atoms with Crippen LogP contribution in [-0.2, 0) is 16.1 Å². The number of rotatable bonds is 8. The van der Waals surface area contributed by atoms with Gasteiger partial charge in [0, 0.05) is 31.5 Å². The van der Waals surface area contributed by atoms with Crippen LogP contribution in [0.4, 0.5) is 0 Å². The summed E-state index contributed by atoms with van der Waals surface area (Å²) in [5, 5.41) is 0. The second-order valence-electron chi connectivity index (χ2n) is 9.46. The monoisotopic (exact) mass is 447 g/mol. The van der Waals surface area contributed by atoms with Gasteiger partial charge in [-0.25, -0.2) is 0 Å². The van der Waals surface area contributed by atoms with Gasteiger partial charge in [0.1, 0.15) is 0 Å². The standard InChI is InChI=1S/C28H37N3O2/c1-2-33-27(32)28(15-6-11-24-9-4-3-5-10-24)16-8-18-31(23-28)26-13-19-30(20-14-26)22-25-12-7-17-29-21-25/h3-7,9-12,17,21,26H,2,8,13-16,18-20,22-23H2,1H3/b11-6+/t28-/m0/s1. The molecule has 0 bridgehead atoms. The molecule has 176 valence electrons. The fraction of sp³-hybridized carbons (Fsp3) is 0.500. The maximum atomic E-state index is 13.1. The molecule has 5 heteroatoms. The summed E-state index contributed by atoms with van der Waals surface area (Å²) in [7, 11) is 0. The lowest BCUT2D eigenvalue weighted by Crippen LogP contribution is -2.54. The third-order valence-electron chi connectivity index (χ3n) is 7.14. The van der Waals surface area contributed by atoms with Crippen molar-refractivity contribution in [2.75, 3.05) is 32.8 Å². The lowest BCUT2D eigenvalue weighted by Gasteiger charge is -2.46. The van der Waals surface area contributed by atoms with Crippen molar-refractivity contribution in [1.82, 2.24) is 14.8 Å². The maximum Gasteiger partial charge on any atom is 0.313 e. The third kappa shape index (κ3) is 6.30. The topological polar surface area (TPSA) is 45.7 Å². The molecule has 0 amide bonds. The van der Waals surface area contributed by atoms with Gasteiger partial charge >= 0.3 is 5.97 Å². The molecule has 0 radical (unpaired) electrons. The molecule has 2 aromatic rings. The number of esters is 1. The summed E-state index contributed by atoms with van der Waals surface area (Å²) in [5.74, 6) is -0.0265. The fourth-order valence-electron chi connectivity index (χ4n) is 5.36. The zero-order valence-corrected chi connectivity index (χ0v) is 19.9. The van der Waals surface area contributed by atoms with Crippen LogP contribution in [0.2, 0.25) is 0 Å². The molecule has 5 nitrogen and oxygen atoms in total. The molecule has 0 spiro atoms. The molecule has 2 saturated heterocycles. The predicted molar refractivity (Wildman–Crippen MR) is 133 cm³/mol. The number of ether oxygens (including phenoxy) is 1. The molecule has 0 unspecified atom stereocenters. The van der Waals surface area contributed by atoms with Crippen LogP contribution in [-0.4, -0.2) is 59.6 Å². The Balaban J connectivity index is 1.38. The zero-order chi connectivity index (χ0) is 22.9. The van der Waals surface area contributed by atoms with Crippen molar-refractivity contribution in [3.63, 3.8) is 0 Å². The summed E-state index contributed by atoms with van der Waals surface area (Å²) in [6, 6.07) is 15.0. The van der Waals surface area contributed by atoms with Crippen molar-refractivity contribution in [3.8, 4) is 0 Å². The van der Waals surface area contributed by atoms with Crippen molar-refractivity contribution < 1.29 is 9.53 Å². The van der Waals surface area contributed by atoms with Crippen LogP contribution in [0.5, 0.6) is 0 Å². The van der Waals surface area contributed by atoms with Gasteiger partial charge in [-0.2, -0.15) is 0 Å². The second-order valence-corrected chi connectivity index (χ2v) is 9.46. The Morgan fingerprint density at radius 1 is 1.15 bits per heavy atom. The quantitative estimate of drug-likeness (QED) is 0.544. The summed E-state index contributed by atoms with van der Waals surface area (Å²) in [4.78, 5) is 22.5. The zero-order valence-electron chi connectivity index (χ0n) is 19.9. The van der Waals surface area contributed by atoms with E-state index in [0.29, 0.717) is 12.6 Å². The molecule has 0 N–H and O–H groups in total. The van der Waals surface area contributed by atoms with E-state index in [0.717, 1.165) is 64.8 Å². The molecular formula is C28H37N3O2. The summed E-state index contributed by atoms with van der Waals surface area (Å²) in [6.07, 6.45) is 13.1. The number of carbonyl (C=O) groups excluding carboxylic acids is 1. The molecule has 0 aliphatic carbocycles. The smallest absolute Gasteiger partial charge is 0.313 e. The van der Waals surface area contributed by atoms with E-state index in [1.54, 1.807) is 0 Å². The van der Waals surface area contributed by atoms with Gasteiger partial charge in [0.05, 0.1) is 12.0 Å². The Morgan fingerprint density at radius 2 is 1.97 bits per heavy atom. The first-order valence-electron chi connectivity index (χ1n) is 12.4. The first kappa shape index (κ1) is 23.7. The van der Waals surface area contributed by atoms with Crippen molar-refractivity contribution in [1.29, 1.82) is 0 Å². The van der Waals surface area contributed by atoms with Gasteiger partial charge in [-0.05, 0) is 75.9 Å². The number of allylic oxidation sites excluding steroid dienone is 1. The van der Waals surface area contributed by atoms with E-state index >= 15 is 0 Å². The van der Waals surface area contributed by atoms with Crippen molar-refractivity contribution >= 4 is 12.0 Å². The van der Waals surface area contributed by atoms with E-state index in [4.69, 9.17) is 4.74 Å². The minimum atomic E-state index is -0.438. The van der Waals surface area contributed by atoms with E-state index in [9.17, 15) is 4.79 Å². The summed E-state index contributed by atoms with van der Waals surface area (Å²) >= 11 is 0. The normalized spacial score (nSPS) is 23.1. The third-order valence-corrected chi connectivity index (χ3v) is 7.14. The van der Waals surface area contributed by atoms with Gasteiger partial charge in [-0.3, -0.25) is 19.6 Å². The Hall–Kier alpha value is -2.50. The lowest BCUT2D eigenvalue weighted by molar-refractivity contribution is -0.160. The summed E-state index contributed by atoms with van der Waals surface area (Å²) in [5.41, 5.74) is 2.01. The lowest BCUT2D eigenvalue weighted by atomic mass is 9.76. The number of hydrogen-bond acceptors (Lipinski definition) is 5. The number of carbonyl (C=O) groups is 1. The Labute approximate surface area is 198 Å². The predicted octanol–water partition coefficient (Wildman–Crippen LogP) is 4.79. The van der Waals surface area contributed by atoms with Crippen LogP contribution in [0.15, 0.2) is 60.9 Å². The highest BCUT2D eigenvalue weighted by Gasteiger charge is 2.44. The first-order chi connectivity index (χ1) is 16.2. The van der Waals surface area contributed by atoms with Crippen LogP contribution >= 0.6 is 0 Å². The Bertz CT molecular complexity index is 894. The molecule has 0 saturated carbocycles. The van der Waals surface area contributed by atoms with Crippen LogP contribution in [0.3, 0.4) is 0 Å². The van der Waals surface area contributed by atoms with E-state index in [-0.39, 0.29) is 5.97 Å². The second kappa shape index (κ2) is 11.6. The average Bonchev–Trinajstić information content (AvgIpc) is 2.86. The van der Waals surface area contributed by atoms with Crippen molar-refractivity contribution in [2.24, 2.45) is 5.41 Å². The van der Waals surface area contributed by atoms with Gasteiger partial charge in [-0.1, -0.05) is 48.6 Å². The molecule has 2 aliphatic rings. The van der Waals surface area contributed by atoms with E-state index in [2.05, 4.69) is 45.1 Å². The van der Waals surface area contributed by atoms with E-state index in [1.165, 1.54) is 11.1 Å². The number of nitrogens with zero attached hydrogens (tertiary/aromatic N) is 3. The highest BCUT2D eigenvalue weighted by atomic mass is 16.5. The number of aromatic nitrogens is 1. The molecule has 1 atom stereocenters. The maximum absolute atomic E-state index is 13.1. The Morgan fingerprint density at radius 3 is 2.70 bits per heavy atom. The molecule has 2 aliphatic heterocycles. The molecule has 1 aromatic heterocycles. The van der Waals surface area contributed by atoms with Gasteiger partial charge in [0.15, 0.2) is 0 Å². The summed E-state index contributed by atoms with van der Waals surface area (Å²) in [6.45, 7) is 7.39. The number of pyridine rings is 1. The van der Waals surface area contributed by atoms with Crippen molar-refractivity contribution in [3.05, 3.63) is 72.1 Å². The molecule has 1 aromatic carbocycles. The molecule has 33 heavy (non-hydrogen) atoms. The van der Waals surface area contributed by atoms with E-state index < -0.39 is 5.41 Å². The van der Waals surface area contributed by atoms with Gasteiger partial charge in [0.2, 0.25) is 0 Å². The van der Waals surface area contributed by atoms with Crippen molar-refractivity contribution in [2.45, 2.75) is 51.6 Å². The highest BCUT2D eigenvalue weighted by Crippen LogP contribution is 2.37. The Kier molecular flexibility index (Phi) is 8.30. The van der Waals surface area contributed by atoms with Crippen LogP contribution < -0.4 is 0 Å². The summed E-state index contributed by atoms with van der Waals surface area (Å²) < 4.78 is 5.59. The average molecular weight is 448 g/mol. The molecule has 3 heterocycles. The number of likely N-dealkylation sites (tertiary alicyclic amines) is 2. The van der Waals surface area contributed by atoms with Gasteiger partial charge < -0.3 is 4.74 Å². The van der Waals surface area contributed by atoms with Crippen LogP contribution in [0.1, 0.15) is 50.2 Å². The number of benzene rings is 1. The highest BCUT2D eigenvalue weighted by molar-refractivity contribution is 5.78. The minimum absolute atomic E-state index is 0.0265. The van der Waals surface area contributed by atoms with Gasteiger partial charge in [0.25, 0.3) is 0 Å². The van der Waals surface area contributed by atoms with E-state index in [1.807, 2.05) is 43.6 Å². The molecular weight excluding hydrogens is 410 g/mol. The fourth-order valence-corrected chi connectivity index (χ4v) is 5.36. The molecule has 2 fully saturated rings. The van der Waals surface area contributed by atoms with Crippen LogP contribution in [0.25, 0.3) is 6.08 Å². The number of hydrogen-bond donors (Lipinski definition) is 0. The first-order valence-corrected chi connectivity index (χ1v) is 12.4. The number of piperidine rings is 2. The minimum Gasteiger partial charge on any atom is -0.466 e. The van der Waals surface area contributed by atoms with Crippen LogP contribution in [0, 0.1) is 5.41 Å².